The van der Waals surface area contributed by atoms with Crippen molar-refractivity contribution in [2.45, 2.75) is 32.2 Å². The molecule has 1 amide bonds. The largest absolute Gasteiger partial charge is 0.333 e. The first-order valence-electron chi connectivity index (χ1n) is 9.74. The lowest BCUT2D eigenvalue weighted by molar-refractivity contribution is 0.0753. The van der Waals surface area contributed by atoms with Crippen molar-refractivity contribution in [3.05, 3.63) is 59.1 Å². The van der Waals surface area contributed by atoms with Crippen LogP contribution in [0, 0.1) is 0 Å². The summed E-state index contributed by atoms with van der Waals surface area (Å²) < 4.78 is 27.3. The van der Waals surface area contributed by atoms with Gasteiger partial charge in [0.15, 0.2) is 0 Å². The van der Waals surface area contributed by atoms with E-state index in [0.29, 0.717) is 13.1 Å². The molecule has 0 N–H and O–H groups in total. The van der Waals surface area contributed by atoms with Crippen molar-refractivity contribution >= 4 is 27.5 Å². The van der Waals surface area contributed by atoms with Crippen molar-refractivity contribution in [3.63, 3.8) is 0 Å². The zero-order chi connectivity index (χ0) is 20.7. The first kappa shape index (κ1) is 21.7. The number of pyridine rings is 2. The second-order valence-electron chi connectivity index (χ2n) is 7.06. The lowest BCUT2D eigenvalue weighted by atomic mass is 10.2. The molecule has 2 aromatic heterocycles. The van der Waals surface area contributed by atoms with Crippen LogP contribution in [-0.4, -0.2) is 58.9 Å². The molecule has 156 valence electrons. The molecule has 2 aromatic rings. The standard InChI is InChI=1S/C20H25ClN4O3S/c21-19-18(8-6-10-23-19)20(26)24(16-17-7-5-9-22-15-17)13-14-29(27,28)25-11-3-1-2-4-12-25/h5-10,15H,1-4,11-14,16H2. The summed E-state index contributed by atoms with van der Waals surface area (Å²) in [5.74, 6) is -0.477. The average molecular weight is 437 g/mol. The molecular weight excluding hydrogens is 412 g/mol. The van der Waals surface area contributed by atoms with E-state index in [0.717, 1.165) is 31.2 Å². The van der Waals surface area contributed by atoms with E-state index >= 15 is 0 Å². The van der Waals surface area contributed by atoms with Crippen molar-refractivity contribution in [2.75, 3.05) is 25.4 Å². The number of rotatable bonds is 7. The number of aromatic nitrogens is 2. The van der Waals surface area contributed by atoms with E-state index in [1.807, 2.05) is 6.07 Å². The third-order valence-corrected chi connectivity index (χ3v) is 7.10. The number of halogens is 1. The Balaban J connectivity index is 1.77. The Labute approximate surface area is 176 Å². The van der Waals surface area contributed by atoms with Crippen molar-refractivity contribution in [1.82, 2.24) is 19.2 Å². The molecule has 3 rings (SSSR count). The molecule has 0 radical (unpaired) electrons. The van der Waals surface area contributed by atoms with Crippen LogP contribution in [0.5, 0.6) is 0 Å². The molecule has 0 spiro atoms. The summed E-state index contributed by atoms with van der Waals surface area (Å²) in [5.41, 5.74) is 1.07. The highest BCUT2D eigenvalue weighted by molar-refractivity contribution is 7.89. The Bertz CT molecular complexity index is 916. The van der Waals surface area contributed by atoms with E-state index in [2.05, 4.69) is 9.97 Å². The average Bonchev–Trinajstić information content (AvgIpc) is 3.02. The normalized spacial score (nSPS) is 15.6. The number of nitrogens with zero attached hydrogens (tertiary/aromatic N) is 4. The second-order valence-corrected chi connectivity index (χ2v) is 9.51. The molecule has 0 unspecified atom stereocenters. The highest BCUT2D eigenvalue weighted by atomic mass is 35.5. The molecule has 9 heteroatoms. The summed E-state index contributed by atoms with van der Waals surface area (Å²) in [6, 6.07) is 6.86. The maximum Gasteiger partial charge on any atom is 0.257 e. The molecule has 0 aromatic carbocycles. The second kappa shape index (κ2) is 10.1. The quantitative estimate of drug-likeness (QED) is 0.623. The third kappa shape index (κ3) is 5.98. The topological polar surface area (TPSA) is 83.5 Å². The predicted octanol–water partition coefficient (Wildman–Crippen LogP) is 2.98. The summed E-state index contributed by atoms with van der Waals surface area (Å²) in [6.45, 7) is 1.41. The van der Waals surface area contributed by atoms with Crippen molar-refractivity contribution in [3.8, 4) is 0 Å². The molecule has 3 heterocycles. The summed E-state index contributed by atoms with van der Waals surface area (Å²) in [4.78, 5) is 22.6. The molecule has 7 nitrogen and oxygen atoms in total. The van der Waals surface area contributed by atoms with Gasteiger partial charge in [-0.05, 0) is 36.6 Å². The number of amides is 1. The number of sulfonamides is 1. The Kier molecular flexibility index (Phi) is 7.57. The summed E-state index contributed by atoms with van der Waals surface area (Å²) >= 11 is 6.10. The highest BCUT2D eigenvalue weighted by Gasteiger charge is 2.26. The van der Waals surface area contributed by atoms with Gasteiger partial charge in [0.25, 0.3) is 5.91 Å². The van der Waals surface area contributed by atoms with Crippen molar-refractivity contribution in [1.29, 1.82) is 0 Å². The molecule has 1 saturated heterocycles. The van der Waals surface area contributed by atoms with Gasteiger partial charge < -0.3 is 4.90 Å². The van der Waals surface area contributed by atoms with Crippen molar-refractivity contribution < 1.29 is 13.2 Å². The highest BCUT2D eigenvalue weighted by Crippen LogP contribution is 2.18. The van der Waals surface area contributed by atoms with Gasteiger partial charge in [-0.3, -0.25) is 9.78 Å². The lowest BCUT2D eigenvalue weighted by Gasteiger charge is -2.25. The number of hydrogen-bond acceptors (Lipinski definition) is 5. The first-order valence-corrected chi connectivity index (χ1v) is 11.7. The first-order chi connectivity index (χ1) is 14.0. The molecule has 0 saturated carbocycles. The Morgan fingerprint density at radius 3 is 2.48 bits per heavy atom. The van der Waals surface area contributed by atoms with Gasteiger partial charge >= 0.3 is 0 Å². The van der Waals surface area contributed by atoms with Crippen LogP contribution in [0.25, 0.3) is 0 Å². The molecule has 29 heavy (non-hydrogen) atoms. The van der Waals surface area contributed by atoms with Gasteiger partial charge in [-0.1, -0.05) is 30.5 Å². The van der Waals surface area contributed by atoms with Crippen LogP contribution in [-0.2, 0) is 16.6 Å². The molecule has 1 fully saturated rings. The minimum Gasteiger partial charge on any atom is -0.333 e. The maximum absolute atomic E-state index is 13.1. The summed E-state index contributed by atoms with van der Waals surface area (Å²) in [5, 5.41) is 0.101. The Morgan fingerprint density at radius 1 is 1.10 bits per heavy atom. The van der Waals surface area contributed by atoms with Crippen LogP contribution < -0.4 is 0 Å². The third-order valence-electron chi connectivity index (χ3n) is 4.95. The van der Waals surface area contributed by atoms with Crippen LogP contribution in [0.4, 0.5) is 0 Å². The lowest BCUT2D eigenvalue weighted by Crippen LogP contribution is -2.40. The number of hydrogen-bond donors (Lipinski definition) is 0. The molecular formula is C20H25ClN4O3S. The zero-order valence-electron chi connectivity index (χ0n) is 16.2. The van der Waals surface area contributed by atoms with Gasteiger partial charge in [0, 0.05) is 44.8 Å². The number of carbonyl (C=O) groups is 1. The van der Waals surface area contributed by atoms with E-state index < -0.39 is 10.0 Å². The smallest absolute Gasteiger partial charge is 0.257 e. The van der Waals surface area contributed by atoms with Gasteiger partial charge in [-0.25, -0.2) is 17.7 Å². The van der Waals surface area contributed by atoms with Crippen LogP contribution in [0.15, 0.2) is 42.9 Å². The fourth-order valence-electron chi connectivity index (χ4n) is 3.35. The molecule has 0 aliphatic carbocycles. The van der Waals surface area contributed by atoms with Gasteiger partial charge in [-0.2, -0.15) is 0 Å². The predicted molar refractivity (Wildman–Crippen MR) is 112 cm³/mol. The minimum absolute atomic E-state index is 0.0672. The van der Waals surface area contributed by atoms with Crippen LogP contribution >= 0.6 is 11.6 Å². The van der Waals surface area contributed by atoms with Crippen LogP contribution in [0.2, 0.25) is 5.15 Å². The fourth-order valence-corrected chi connectivity index (χ4v) is 5.08. The van der Waals surface area contributed by atoms with Gasteiger partial charge in [0.05, 0.1) is 11.3 Å². The van der Waals surface area contributed by atoms with E-state index in [9.17, 15) is 13.2 Å². The molecule has 1 aliphatic heterocycles. The SMILES string of the molecule is O=C(c1cccnc1Cl)N(CCS(=O)(=O)N1CCCCCC1)Cc1cccnc1. The molecule has 1 aliphatic rings. The fraction of sp³-hybridized carbons (Fsp3) is 0.450. The summed E-state index contributed by atoms with van der Waals surface area (Å²) in [7, 11) is -3.44. The van der Waals surface area contributed by atoms with Crippen molar-refractivity contribution in [2.24, 2.45) is 0 Å². The van der Waals surface area contributed by atoms with Crippen LogP contribution in [0.1, 0.15) is 41.6 Å². The van der Waals surface area contributed by atoms with E-state index in [4.69, 9.17) is 11.6 Å². The molecule has 0 atom stereocenters. The van der Waals surface area contributed by atoms with Gasteiger partial charge in [0.1, 0.15) is 5.15 Å². The number of carbonyl (C=O) groups excluding carboxylic acids is 1. The van der Waals surface area contributed by atoms with E-state index in [-0.39, 0.29) is 35.5 Å². The van der Waals surface area contributed by atoms with Crippen LogP contribution in [0.3, 0.4) is 0 Å². The Morgan fingerprint density at radius 2 is 1.83 bits per heavy atom. The Hall–Kier alpha value is -2.03. The van der Waals surface area contributed by atoms with Gasteiger partial charge in [-0.15, -0.1) is 0 Å². The minimum atomic E-state index is -3.44. The summed E-state index contributed by atoms with van der Waals surface area (Å²) in [6.07, 6.45) is 8.68. The maximum atomic E-state index is 13.1. The molecule has 0 bridgehead atoms. The monoisotopic (exact) mass is 436 g/mol. The van der Waals surface area contributed by atoms with Gasteiger partial charge in [0.2, 0.25) is 10.0 Å². The van der Waals surface area contributed by atoms with E-state index in [1.54, 1.807) is 34.9 Å². The zero-order valence-corrected chi connectivity index (χ0v) is 17.8. The van der Waals surface area contributed by atoms with E-state index in [1.165, 1.54) is 11.1 Å².